The Balaban J connectivity index is 1.84. The van der Waals surface area contributed by atoms with E-state index >= 15 is 0 Å². The number of carbonyl (C=O) groups excluding carboxylic acids is 1. The van der Waals surface area contributed by atoms with E-state index in [-0.39, 0.29) is 11.7 Å². The van der Waals surface area contributed by atoms with E-state index in [2.05, 4.69) is 4.90 Å². The van der Waals surface area contributed by atoms with Crippen LogP contribution in [0.2, 0.25) is 0 Å². The standard InChI is InChI=1S/C15H22N2O3S/c1-19-10-5-7-17(8-6-10)15-13(20-2)11(16)14(21-15)12(18)9-3-4-9/h9-10H,3-8,16H2,1-2H3. The van der Waals surface area contributed by atoms with Crippen molar-refractivity contribution in [3.8, 4) is 5.75 Å². The summed E-state index contributed by atoms with van der Waals surface area (Å²) in [5.74, 6) is 1.04. The number of methoxy groups -OCH3 is 2. The van der Waals surface area contributed by atoms with E-state index in [1.54, 1.807) is 14.2 Å². The van der Waals surface area contributed by atoms with Crippen LogP contribution in [0.3, 0.4) is 0 Å². The lowest BCUT2D eigenvalue weighted by Gasteiger charge is -2.32. The molecule has 2 heterocycles. The Kier molecular flexibility index (Phi) is 4.08. The molecule has 2 fully saturated rings. The minimum absolute atomic E-state index is 0.183. The van der Waals surface area contributed by atoms with Crippen molar-refractivity contribution in [2.45, 2.75) is 31.8 Å². The number of rotatable bonds is 5. The summed E-state index contributed by atoms with van der Waals surface area (Å²) in [6.07, 6.45) is 4.30. The van der Waals surface area contributed by atoms with E-state index in [4.69, 9.17) is 15.2 Å². The third kappa shape index (κ3) is 2.74. The van der Waals surface area contributed by atoms with E-state index in [9.17, 15) is 4.79 Å². The first-order valence-electron chi connectivity index (χ1n) is 7.44. The number of hydrogen-bond acceptors (Lipinski definition) is 6. The van der Waals surface area contributed by atoms with Crippen LogP contribution < -0.4 is 15.4 Å². The van der Waals surface area contributed by atoms with Gasteiger partial charge in [0.2, 0.25) is 0 Å². The van der Waals surface area contributed by atoms with Crippen molar-refractivity contribution in [3.05, 3.63) is 4.88 Å². The quantitative estimate of drug-likeness (QED) is 0.847. The third-order valence-electron chi connectivity index (χ3n) is 4.32. The summed E-state index contributed by atoms with van der Waals surface area (Å²) in [5, 5.41) is 0.994. The highest BCUT2D eigenvalue weighted by atomic mass is 32.1. The van der Waals surface area contributed by atoms with Crippen LogP contribution in [0.1, 0.15) is 35.4 Å². The summed E-state index contributed by atoms with van der Waals surface area (Å²) < 4.78 is 10.9. The van der Waals surface area contributed by atoms with Crippen molar-refractivity contribution in [3.63, 3.8) is 0 Å². The number of carbonyl (C=O) groups is 1. The Labute approximate surface area is 129 Å². The molecule has 5 nitrogen and oxygen atoms in total. The summed E-state index contributed by atoms with van der Waals surface area (Å²) in [4.78, 5) is 15.3. The number of Topliss-reactive ketones (excluding diaryl/α,β-unsaturated/α-hetero) is 1. The second kappa shape index (κ2) is 5.85. The lowest BCUT2D eigenvalue weighted by Crippen LogP contribution is -2.36. The van der Waals surface area contributed by atoms with Gasteiger partial charge in [0.25, 0.3) is 0 Å². The molecule has 1 aliphatic carbocycles. The van der Waals surface area contributed by atoms with Gasteiger partial charge in [-0.2, -0.15) is 0 Å². The Morgan fingerprint density at radius 1 is 1.24 bits per heavy atom. The maximum atomic E-state index is 12.3. The highest BCUT2D eigenvalue weighted by molar-refractivity contribution is 7.19. The van der Waals surface area contributed by atoms with Gasteiger partial charge in [0.1, 0.15) is 5.00 Å². The topological polar surface area (TPSA) is 64.8 Å². The second-order valence-corrected chi connectivity index (χ2v) is 6.74. The minimum atomic E-state index is 0.183. The third-order valence-corrected chi connectivity index (χ3v) is 5.58. The molecule has 0 aromatic carbocycles. The van der Waals surface area contributed by atoms with Crippen molar-refractivity contribution in [1.29, 1.82) is 0 Å². The van der Waals surface area contributed by atoms with Gasteiger partial charge in [-0.1, -0.05) is 0 Å². The molecule has 0 unspecified atom stereocenters. The largest absolute Gasteiger partial charge is 0.492 e. The predicted molar refractivity (Wildman–Crippen MR) is 84.6 cm³/mol. The van der Waals surface area contributed by atoms with E-state index in [1.165, 1.54) is 11.3 Å². The van der Waals surface area contributed by atoms with Crippen molar-refractivity contribution >= 4 is 27.8 Å². The number of nitrogens with two attached hydrogens (primary N) is 1. The fraction of sp³-hybridized carbons (Fsp3) is 0.667. The van der Waals surface area contributed by atoms with Gasteiger partial charge in [-0.15, -0.1) is 11.3 Å². The molecular weight excluding hydrogens is 288 g/mol. The van der Waals surface area contributed by atoms with Crippen LogP contribution in [-0.2, 0) is 4.74 Å². The van der Waals surface area contributed by atoms with Crippen LogP contribution in [0.15, 0.2) is 0 Å². The molecule has 0 radical (unpaired) electrons. The summed E-state index contributed by atoms with van der Waals surface area (Å²) >= 11 is 1.49. The monoisotopic (exact) mass is 310 g/mol. The number of nitrogen functional groups attached to an aromatic ring is 1. The van der Waals surface area contributed by atoms with Crippen LogP contribution in [0, 0.1) is 5.92 Å². The Hall–Kier alpha value is -1.27. The van der Waals surface area contributed by atoms with Gasteiger partial charge in [-0.25, -0.2) is 0 Å². The molecule has 2 aliphatic rings. The Morgan fingerprint density at radius 2 is 1.90 bits per heavy atom. The molecule has 3 rings (SSSR count). The zero-order valence-electron chi connectivity index (χ0n) is 12.6. The number of ketones is 1. The molecule has 0 atom stereocenters. The molecule has 0 bridgehead atoms. The molecule has 116 valence electrons. The summed E-state index contributed by atoms with van der Waals surface area (Å²) in [6.45, 7) is 1.82. The zero-order chi connectivity index (χ0) is 15.0. The van der Waals surface area contributed by atoms with Gasteiger partial charge in [-0.3, -0.25) is 4.79 Å². The molecular formula is C15H22N2O3S. The minimum Gasteiger partial charge on any atom is -0.492 e. The molecule has 1 aliphatic heterocycles. The average Bonchev–Trinajstić information content (AvgIpc) is 3.30. The predicted octanol–water partition coefficient (Wildman–Crippen LogP) is 2.55. The van der Waals surface area contributed by atoms with Gasteiger partial charge in [0.15, 0.2) is 11.5 Å². The summed E-state index contributed by atoms with van der Waals surface area (Å²) in [6, 6.07) is 0. The fourth-order valence-corrected chi connectivity index (χ4v) is 4.09. The van der Waals surface area contributed by atoms with Crippen LogP contribution in [0.4, 0.5) is 10.7 Å². The molecule has 0 spiro atoms. The lowest BCUT2D eigenvalue weighted by atomic mass is 10.1. The van der Waals surface area contributed by atoms with Gasteiger partial charge >= 0.3 is 0 Å². The normalized spacial score (nSPS) is 19.8. The van der Waals surface area contributed by atoms with E-state index < -0.39 is 0 Å². The highest BCUT2D eigenvalue weighted by Gasteiger charge is 2.35. The molecule has 1 saturated heterocycles. The van der Waals surface area contributed by atoms with Gasteiger partial charge < -0.3 is 20.1 Å². The van der Waals surface area contributed by atoms with Crippen LogP contribution in [0.25, 0.3) is 0 Å². The fourth-order valence-electron chi connectivity index (χ4n) is 2.83. The molecule has 21 heavy (non-hydrogen) atoms. The van der Waals surface area contributed by atoms with E-state index in [1.807, 2.05) is 0 Å². The molecule has 6 heteroatoms. The van der Waals surface area contributed by atoms with E-state index in [0.717, 1.165) is 43.8 Å². The number of hydrogen-bond donors (Lipinski definition) is 1. The lowest BCUT2D eigenvalue weighted by molar-refractivity contribution is 0.0819. The summed E-state index contributed by atoms with van der Waals surface area (Å²) in [5.41, 5.74) is 6.67. The molecule has 1 aromatic rings. The molecule has 0 amide bonds. The first kappa shape index (κ1) is 14.7. The van der Waals surface area contributed by atoms with Crippen LogP contribution >= 0.6 is 11.3 Å². The van der Waals surface area contributed by atoms with Crippen molar-refractivity contribution < 1.29 is 14.3 Å². The van der Waals surface area contributed by atoms with Crippen molar-refractivity contribution in [1.82, 2.24) is 0 Å². The smallest absolute Gasteiger partial charge is 0.178 e. The first-order chi connectivity index (χ1) is 10.2. The number of piperidine rings is 1. The highest BCUT2D eigenvalue weighted by Crippen LogP contribution is 2.48. The van der Waals surface area contributed by atoms with Gasteiger partial charge in [-0.05, 0) is 25.7 Å². The number of anilines is 2. The van der Waals surface area contributed by atoms with Crippen molar-refractivity contribution in [2.24, 2.45) is 5.92 Å². The Morgan fingerprint density at radius 3 is 2.43 bits per heavy atom. The molecule has 1 saturated carbocycles. The van der Waals surface area contributed by atoms with Crippen LogP contribution in [0.5, 0.6) is 5.75 Å². The molecule has 1 aromatic heterocycles. The number of ether oxygens (including phenoxy) is 2. The second-order valence-electron chi connectivity index (χ2n) is 5.74. The number of nitrogens with zero attached hydrogens (tertiary/aromatic N) is 1. The zero-order valence-corrected chi connectivity index (χ0v) is 13.4. The first-order valence-corrected chi connectivity index (χ1v) is 8.25. The maximum Gasteiger partial charge on any atom is 0.178 e. The van der Waals surface area contributed by atoms with Crippen LogP contribution in [-0.4, -0.2) is 39.2 Å². The van der Waals surface area contributed by atoms with E-state index in [0.29, 0.717) is 22.4 Å². The maximum absolute atomic E-state index is 12.3. The van der Waals surface area contributed by atoms with Gasteiger partial charge in [0.05, 0.1) is 23.8 Å². The Bertz CT molecular complexity index is 531. The van der Waals surface area contributed by atoms with Crippen molar-refractivity contribution in [2.75, 3.05) is 37.9 Å². The number of thiophene rings is 1. The molecule has 2 N–H and O–H groups in total. The average molecular weight is 310 g/mol. The SMILES string of the molecule is COc1c(N2CCC(OC)CC2)sc(C(=O)C2CC2)c1N. The summed E-state index contributed by atoms with van der Waals surface area (Å²) in [7, 11) is 3.38. The van der Waals surface area contributed by atoms with Gasteiger partial charge in [0, 0.05) is 26.1 Å².